The topological polar surface area (TPSA) is 171 Å². The smallest absolute Gasteiger partial charge is 0.336 e. The number of fused-ring (bicyclic) bond motifs is 1. The van der Waals surface area contributed by atoms with Gasteiger partial charge in [0, 0.05) is 16.8 Å². The third kappa shape index (κ3) is 6.70. The molecule has 0 radical (unpaired) electrons. The van der Waals surface area contributed by atoms with Crippen molar-refractivity contribution in [2.75, 3.05) is 5.73 Å². The van der Waals surface area contributed by atoms with Crippen molar-refractivity contribution in [2.24, 2.45) is 0 Å². The Morgan fingerprint density at radius 3 is 2.07 bits per heavy atom. The van der Waals surface area contributed by atoms with Gasteiger partial charge >= 0.3 is 17.9 Å². The maximum atomic E-state index is 10.3. The van der Waals surface area contributed by atoms with Gasteiger partial charge in [-0.1, -0.05) is 38.5 Å². The summed E-state index contributed by atoms with van der Waals surface area (Å²) in [6.45, 7) is 4.35. The Morgan fingerprint density at radius 2 is 1.60 bits per heavy atom. The van der Waals surface area contributed by atoms with Crippen molar-refractivity contribution in [3.8, 4) is 0 Å². The third-order valence-electron chi connectivity index (χ3n) is 4.53. The van der Waals surface area contributed by atoms with Crippen molar-refractivity contribution < 1.29 is 34.8 Å². The van der Waals surface area contributed by atoms with Crippen LogP contribution in [0.15, 0.2) is 24.3 Å². The van der Waals surface area contributed by atoms with Gasteiger partial charge in [0.15, 0.2) is 5.60 Å². The van der Waals surface area contributed by atoms with Gasteiger partial charge < -0.3 is 26.2 Å². The first kappa shape index (κ1) is 24.8. The predicted octanol–water partition coefficient (Wildman–Crippen LogP) is 2.47. The van der Waals surface area contributed by atoms with Crippen LogP contribution < -0.4 is 5.73 Å². The largest absolute Gasteiger partial charge is 0.481 e. The summed E-state index contributed by atoms with van der Waals surface area (Å²) in [6.07, 6.45) is 2.08. The summed E-state index contributed by atoms with van der Waals surface area (Å²) >= 11 is 0. The minimum atomic E-state index is -2.74. The number of unbranched alkanes of at least 4 members (excludes halogenated alkanes) is 1. The van der Waals surface area contributed by atoms with Crippen molar-refractivity contribution in [3.05, 3.63) is 35.5 Å². The van der Waals surface area contributed by atoms with E-state index in [0.717, 1.165) is 29.4 Å². The Bertz CT molecular complexity index is 896. The number of aliphatic carboxylic acids is 3. The highest BCUT2D eigenvalue weighted by Gasteiger charge is 2.40. The molecule has 0 saturated carbocycles. The fourth-order valence-electron chi connectivity index (χ4n) is 2.99. The molecular formula is C21H28N2O7. The predicted molar refractivity (Wildman–Crippen MR) is 111 cm³/mol. The maximum Gasteiger partial charge on any atom is 0.336 e. The summed E-state index contributed by atoms with van der Waals surface area (Å²) in [7, 11) is 0. The van der Waals surface area contributed by atoms with Crippen LogP contribution in [-0.2, 0) is 27.2 Å². The van der Waals surface area contributed by atoms with E-state index in [1.165, 1.54) is 24.1 Å². The molecule has 1 aromatic heterocycles. The van der Waals surface area contributed by atoms with Crippen LogP contribution in [0, 0.1) is 0 Å². The highest BCUT2D eigenvalue weighted by atomic mass is 16.4. The summed E-state index contributed by atoms with van der Waals surface area (Å²) in [5.74, 6) is -5.02. The van der Waals surface area contributed by atoms with E-state index in [-0.39, 0.29) is 0 Å². The highest BCUT2D eigenvalue weighted by Crippen LogP contribution is 2.27. The zero-order valence-electron chi connectivity index (χ0n) is 17.1. The summed E-state index contributed by atoms with van der Waals surface area (Å²) in [4.78, 5) is 35.2. The number of carboxylic acid groups (broad SMARTS) is 3. The standard InChI is InChI=1S/C15H20N2.C6H8O7/c1-3-5-9-13-11(4-2)15(16)12-8-6-7-10-14(12)17-13;7-3(8)1-6(13,5(11)12)2-4(9)10/h6-8,10H,3-5,9H2,1-2H3,(H2,16,17);13H,1-2H2,(H,7,8)(H,9,10)(H,11,12). The number of hydrogen-bond donors (Lipinski definition) is 5. The zero-order valence-corrected chi connectivity index (χ0v) is 17.1. The molecule has 0 bridgehead atoms. The SMILES string of the molecule is CCCCc1nc2ccccc2c(N)c1CC.O=C(O)CC(O)(CC(=O)O)C(=O)O. The van der Waals surface area contributed by atoms with Crippen molar-refractivity contribution in [3.63, 3.8) is 0 Å². The molecule has 0 fully saturated rings. The van der Waals surface area contributed by atoms with Crippen molar-refractivity contribution in [1.82, 2.24) is 4.98 Å². The van der Waals surface area contributed by atoms with Crippen LogP contribution in [0.5, 0.6) is 0 Å². The minimum Gasteiger partial charge on any atom is -0.481 e. The van der Waals surface area contributed by atoms with Gasteiger partial charge in [0.25, 0.3) is 0 Å². The number of hydrogen-bond acceptors (Lipinski definition) is 6. The number of benzene rings is 1. The molecule has 0 aliphatic carbocycles. The molecule has 1 heterocycles. The molecule has 6 N–H and O–H groups in total. The number of aryl methyl sites for hydroxylation is 1. The molecular weight excluding hydrogens is 392 g/mol. The Hall–Kier alpha value is -3.20. The van der Waals surface area contributed by atoms with Crippen molar-refractivity contribution >= 4 is 34.5 Å². The van der Waals surface area contributed by atoms with Crippen molar-refractivity contribution in [2.45, 2.75) is 58.0 Å². The van der Waals surface area contributed by atoms with E-state index in [1.54, 1.807) is 0 Å². The first-order chi connectivity index (χ1) is 14.1. The average molecular weight is 420 g/mol. The molecule has 0 saturated heterocycles. The Kier molecular flexibility index (Phi) is 9.19. The molecule has 164 valence electrons. The molecule has 0 atom stereocenters. The second kappa shape index (κ2) is 11.1. The second-order valence-corrected chi connectivity index (χ2v) is 6.90. The molecule has 2 aromatic rings. The van der Waals surface area contributed by atoms with Crippen LogP contribution in [0.4, 0.5) is 5.69 Å². The van der Waals surface area contributed by atoms with Crippen LogP contribution in [0.2, 0.25) is 0 Å². The average Bonchev–Trinajstić information content (AvgIpc) is 2.65. The van der Waals surface area contributed by atoms with E-state index < -0.39 is 36.4 Å². The molecule has 1 aromatic carbocycles. The van der Waals surface area contributed by atoms with Gasteiger partial charge in [0.05, 0.1) is 18.4 Å². The van der Waals surface area contributed by atoms with Crippen LogP contribution in [0.25, 0.3) is 10.9 Å². The second-order valence-electron chi connectivity index (χ2n) is 6.90. The lowest BCUT2D eigenvalue weighted by Crippen LogP contribution is -2.42. The number of para-hydroxylation sites is 1. The minimum absolute atomic E-state index is 0.921. The van der Waals surface area contributed by atoms with E-state index in [0.29, 0.717) is 0 Å². The lowest BCUT2D eigenvalue weighted by Gasteiger charge is -2.18. The number of aromatic nitrogens is 1. The lowest BCUT2D eigenvalue weighted by atomic mass is 9.96. The third-order valence-corrected chi connectivity index (χ3v) is 4.53. The molecule has 0 unspecified atom stereocenters. The van der Waals surface area contributed by atoms with Gasteiger partial charge in [-0.25, -0.2) is 4.79 Å². The van der Waals surface area contributed by atoms with Crippen LogP contribution >= 0.6 is 0 Å². The number of rotatable bonds is 9. The van der Waals surface area contributed by atoms with Crippen LogP contribution in [0.3, 0.4) is 0 Å². The number of pyridine rings is 1. The molecule has 0 aliphatic rings. The van der Waals surface area contributed by atoms with Gasteiger partial charge in [-0.2, -0.15) is 0 Å². The number of nitrogens with two attached hydrogens (primary N) is 1. The summed E-state index contributed by atoms with van der Waals surface area (Å²) in [6, 6.07) is 8.14. The zero-order chi connectivity index (χ0) is 22.9. The Balaban J connectivity index is 0.000000314. The first-order valence-corrected chi connectivity index (χ1v) is 9.61. The molecule has 9 heteroatoms. The van der Waals surface area contributed by atoms with Crippen LogP contribution in [-0.4, -0.2) is 48.9 Å². The summed E-state index contributed by atoms with van der Waals surface area (Å²) < 4.78 is 0. The van der Waals surface area contributed by atoms with Gasteiger partial charge in [-0.3, -0.25) is 14.6 Å². The molecule has 2 rings (SSSR count). The van der Waals surface area contributed by atoms with E-state index >= 15 is 0 Å². The monoisotopic (exact) mass is 420 g/mol. The van der Waals surface area contributed by atoms with Gasteiger partial charge in [-0.05, 0) is 30.9 Å². The van der Waals surface area contributed by atoms with Crippen molar-refractivity contribution in [1.29, 1.82) is 0 Å². The number of nitrogen functional groups attached to an aromatic ring is 1. The van der Waals surface area contributed by atoms with Gasteiger partial charge in [0.1, 0.15) is 0 Å². The van der Waals surface area contributed by atoms with Gasteiger partial charge in [0.2, 0.25) is 0 Å². The lowest BCUT2D eigenvalue weighted by molar-refractivity contribution is -0.170. The number of carboxylic acids is 3. The first-order valence-electron chi connectivity index (χ1n) is 9.61. The van der Waals surface area contributed by atoms with Gasteiger partial charge in [-0.15, -0.1) is 0 Å². The van der Waals surface area contributed by atoms with E-state index in [4.69, 9.17) is 31.1 Å². The van der Waals surface area contributed by atoms with E-state index in [2.05, 4.69) is 19.9 Å². The normalized spacial score (nSPS) is 10.9. The fourth-order valence-corrected chi connectivity index (χ4v) is 2.99. The summed E-state index contributed by atoms with van der Waals surface area (Å²) in [5.41, 5.74) is 7.88. The van der Waals surface area contributed by atoms with E-state index in [9.17, 15) is 14.4 Å². The Labute approximate surface area is 174 Å². The number of anilines is 1. The Morgan fingerprint density at radius 1 is 1.03 bits per heavy atom. The fraction of sp³-hybridized carbons (Fsp3) is 0.429. The number of aliphatic hydroxyl groups is 1. The number of carbonyl (C=O) groups is 3. The maximum absolute atomic E-state index is 10.3. The molecule has 30 heavy (non-hydrogen) atoms. The van der Waals surface area contributed by atoms with Crippen LogP contribution in [0.1, 0.15) is 50.8 Å². The number of nitrogens with zero attached hydrogens (tertiary/aromatic N) is 1. The molecule has 9 nitrogen and oxygen atoms in total. The summed E-state index contributed by atoms with van der Waals surface area (Å²) in [5, 5.41) is 34.9. The molecule has 0 spiro atoms. The molecule has 0 amide bonds. The molecule has 0 aliphatic heterocycles. The quantitative estimate of drug-likeness (QED) is 0.408. The van der Waals surface area contributed by atoms with E-state index in [1.807, 2.05) is 18.2 Å². The highest BCUT2D eigenvalue weighted by molar-refractivity contribution is 5.92.